The zero-order valence-corrected chi connectivity index (χ0v) is 10.8. The topological polar surface area (TPSA) is 33.1 Å². The average molecular weight is 219 g/mol. The number of aliphatic hydroxyl groups is 1. The Labute approximate surface area is 97.7 Å². The van der Waals surface area contributed by atoms with Gasteiger partial charge in [-0.2, -0.15) is 0 Å². The summed E-state index contributed by atoms with van der Waals surface area (Å²) in [5.74, 6) is 0.324. The summed E-state index contributed by atoms with van der Waals surface area (Å²) in [6.07, 6.45) is 1.41. The Morgan fingerprint density at radius 3 is 2.12 bits per heavy atom. The van der Waals surface area contributed by atoms with Crippen LogP contribution >= 0.6 is 0 Å². The van der Waals surface area contributed by atoms with Gasteiger partial charge in [0.05, 0.1) is 6.10 Å². The second kappa shape index (κ2) is 3.30. The molecule has 1 unspecified atom stereocenters. The zero-order valence-electron chi connectivity index (χ0n) is 10.8. The molecule has 1 atom stereocenters. The predicted molar refractivity (Wildman–Crippen MR) is 65.0 cm³/mol. The Kier molecular flexibility index (Phi) is 2.39. The Hall–Kier alpha value is -0.890. The number of rotatable bonds is 2. The lowest BCUT2D eigenvalue weighted by atomic mass is 10.0. The van der Waals surface area contributed by atoms with Crippen molar-refractivity contribution in [1.29, 1.82) is 0 Å². The van der Waals surface area contributed by atoms with E-state index in [1.54, 1.807) is 6.20 Å². The van der Waals surface area contributed by atoms with Gasteiger partial charge < -0.3 is 5.11 Å². The van der Waals surface area contributed by atoms with Gasteiger partial charge in [-0.15, -0.1) is 0 Å². The number of hydrogen-bond acceptors (Lipinski definition) is 2. The van der Waals surface area contributed by atoms with E-state index in [1.807, 2.05) is 19.1 Å². The van der Waals surface area contributed by atoms with Gasteiger partial charge in [-0.05, 0) is 29.4 Å². The second-order valence-electron chi connectivity index (χ2n) is 6.10. The monoisotopic (exact) mass is 219 g/mol. The highest BCUT2D eigenvalue weighted by Crippen LogP contribution is 2.72. The molecule has 2 rings (SSSR count). The van der Waals surface area contributed by atoms with E-state index in [9.17, 15) is 5.11 Å². The van der Waals surface area contributed by atoms with Gasteiger partial charge in [0.2, 0.25) is 0 Å². The summed E-state index contributed by atoms with van der Waals surface area (Å²) < 4.78 is 0. The molecule has 0 aromatic carbocycles. The van der Waals surface area contributed by atoms with Crippen molar-refractivity contribution < 1.29 is 5.11 Å². The second-order valence-corrected chi connectivity index (χ2v) is 6.10. The van der Waals surface area contributed by atoms with E-state index in [4.69, 9.17) is 0 Å². The van der Waals surface area contributed by atoms with E-state index < -0.39 is 6.10 Å². The van der Waals surface area contributed by atoms with Gasteiger partial charge in [0.1, 0.15) is 0 Å². The number of hydrogen-bond donors (Lipinski definition) is 1. The minimum atomic E-state index is -0.391. The van der Waals surface area contributed by atoms with Crippen LogP contribution < -0.4 is 0 Å². The van der Waals surface area contributed by atoms with Crippen LogP contribution in [-0.2, 0) is 0 Å². The van der Waals surface area contributed by atoms with Crippen LogP contribution in [0.4, 0.5) is 0 Å². The molecule has 0 aliphatic heterocycles. The number of aryl methyl sites for hydroxylation is 1. The van der Waals surface area contributed by atoms with Gasteiger partial charge in [0.25, 0.3) is 0 Å². The first-order valence-electron chi connectivity index (χ1n) is 5.89. The van der Waals surface area contributed by atoms with Gasteiger partial charge in [0, 0.05) is 17.8 Å². The first-order chi connectivity index (χ1) is 7.28. The van der Waals surface area contributed by atoms with Crippen molar-refractivity contribution in [2.75, 3.05) is 0 Å². The molecule has 1 fully saturated rings. The maximum Gasteiger partial charge on any atom is 0.0843 e. The quantitative estimate of drug-likeness (QED) is 0.829. The van der Waals surface area contributed by atoms with Gasteiger partial charge in [-0.1, -0.05) is 33.8 Å². The molecule has 0 amide bonds. The van der Waals surface area contributed by atoms with Crippen LogP contribution in [-0.4, -0.2) is 10.1 Å². The summed E-state index contributed by atoms with van der Waals surface area (Å²) in [5, 5.41) is 10.4. The van der Waals surface area contributed by atoms with Crippen molar-refractivity contribution in [3.8, 4) is 0 Å². The molecule has 2 heteroatoms. The molecule has 88 valence electrons. The van der Waals surface area contributed by atoms with Gasteiger partial charge in [-0.3, -0.25) is 4.98 Å². The van der Waals surface area contributed by atoms with Crippen molar-refractivity contribution in [1.82, 2.24) is 4.98 Å². The van der Waals surface area contributed by atoms with Crippen LogP contribution in [0.3, 0.4) is 0 Å². The fourth-order valence-corrected chi connectivity index (χ4v) is 2.88. The van der Waals surface area contributed by atoms with E-state index in [-0.39, 0.29) is 10.8 Å². The van der Waals surface area contributed by atoms with E-state index in [0.29, 0.717) is 5.92 Å². The molecular formula is C14H21NO. The fraction of sp³-hybridized carbons (Fsp3) is 0.643. The molecule has 16 heavy (non-hydrogen) atoms. The molecule has 1 aliphatic rings. The van der Waals surface area contributed by atoms with Crippen LogP contribution in [0.2, 0.25) is 0 Å². The van der Waals surface area contributed by atoms with Crippen molar-refractivity contribution in [2.24, 2.45) is 16.7 Å². The Morgan fingerprint density at radius 1 is 1.19 bits per heavy atom. The highest BCUT2D eigenvalue weighted by molar-refractivity contribution is 5.24. The Morgan fingerprint density at radius 2 is 1.75 bits per heavy atom. The first kappa shape index (κ1) is 11.6. The van der Waals surface area contributed by atoms with Crippen molar-refractivity contribution in [3.05, 3.63) is 29.6 Å². The Bertz CT molecular complexity index is 378. The molecule has 1 saturated carbocycles. The summed E-state index contributed by atoms with van der Waals surface area (Å²) in [4.78, 5) is 4.25. The molecular weight excluding hydrogens is 198 g/mol. The maximum absolute atomic E-state index is 10.4. The number of pyridine rings is 1. The molecule has 0 saturated heterocycles. The summed E-state index contributed by atoms with van der Waals surface area (Å²) in [7, 11) is 0. The largest absolute Gasteiger partial charge is 0.388 e. The summed E-state index contributed by atoms with van der Waals surface area (Å²) in [6, 6.07) is 3.94. The standard InChI is InChI=1S/C14H21NO/c1-9-6-7-10(8-15-9)11(16)12-13(2,3)14(12,4)5/h6-8,11-12,16H,1-5H3. The van der Waals surface area contributed by atoms with Crippen molar-refractivity contribution in [2.45, 2.75) is 40.7 Å². The lowest BCUT2D eigenvalue weighted by Gasteiger charge is -2.12. The zero-order chi connectivity index (χ0) is 12.1. The third-order valence-corrected chi connectivity index (χ3v) is 4.72. The minimum absolute atomic E-state index is 0.206. The highest BCUT2D eigenvalue weighted by Gasteiger charge is 2.67. The molecule has 2 nitrogen and oxygen atoms in total. The smallest absolute Gasteiger partial charge is 0.0843 e. The summed E-state index contributed by atoms with van der Waals surface area (Å²) in [5.41, 5.74) is 2.34. The maximum atomic E-state index is 10.4. The third-order valence-electron chi connectivity index (χ3n) is 4.72. The number of aromatic nitrogens is 1. The highest BCUT2D eigenvalue weighted by atomic mass is 16.3. The van der Waals surface area contributed by atoms with Crippen molar-refractivity contribution in [3.63, 3.8) is 0 Å². The van der Waals surface area contributed by atoms with Gasteiger partial charge in [0.15, 0.2) is 0 Å². The normalized spacial score (nSPS) is 24.1. The van der Waals surface area contributed by atoms with Crippen LogP contribution in [0.1, 0.15) is 45.1 Å². The Balaban J connectivity index is 2.22. The van der Waals surface area contributed by atoms with Gasteiger partial charge >= 0.3 is 0 Å². The molecule has 1 aromatic heterocycles. The van der Waals surface area contributed by atoms with Crippen LogP contribution in [0.25, 0.3) is 0 Å². The third kappa shape index (κ3) is 1.47. The van der Waals surface area contributed by atoms with E-state index >= 15 is 0 Å². The van der Waals surface area contributed by atoms with Crippen LogP contribution in [0.5, 0.6) is 0 Å². The molecule has 1 aromatic rings. The number of nitrogens with zero attached hydrogens (tertiary/aromatic N) is 1. The average Bonchev–Trinajstić information content (AvgIpc) is 2.57. The molecule has 0 radical (unpaired) electrons. The lowest BCUT2D eigenvalue weighted by Crippen LogP contribution is -2.06. The first-order valence-corrected chi connectivity index (χ1v) is 5.89. The van der Waals surface area contributed by atoms with Crippen LogP contribution in [0, 0.1) is 23.7 Å². The van der Waals surface area contributed by atoms with Crippen molar-refractivity contribution >= 4 is 0 Å². The predicted octanol–water partition coefficient (Wildman–Crippen LogP) is 3.11. The lowest BCUT2D eigenvalue weighted by molar-refractivity contribution is 0.130. The molecule has 0 spiro atoms. The minimum Gasteiger partial charge on any atom is -0.388 e. The van der Waals surface area contributed by atoms with Crippen LogP contribution in [0.15, 0.2) is 18.3 Å². The fourth-order valence-electron chi connectivity index (χ4n) is 2.88. The molecule has 0 bridgehead atoms. The van der Waals surface area contributed by atoms with E-state index in [2.05, 4.69) is 32.7 Å². The molecule has 1 aliphatic carbocycles. The van der Waals surface area contributed by atoms with E-state index in [0.717, 1.165) is 11.3 Å². The van der Waals surface area contributed by atoms with Gasteiger partial charge in [-0.25, -0.2) is 0 Å². The summed E-state index contributed by atoms with van der Waals surface area (Å²) >= 11 is 0. The SMILES string of the molecule is Cc1ccc(C(O)C2C(C)(C)C2(C)C)cn1. The number of aliphatic hydroxyl groups excluding tert-OH is 1. The molecule has 1 N–H and O–H groups in total. The van der Waals surface area contributed by atoms with E-state index in [1.165, 1.54) is 0 Å². The summed E-state index contributed by atoms with van der Waals surface area (Å²) in [6.45, 7) is 10.9. The molecule has 1 heterocycles.